The van der Waals surface area contributed by atoms with Gasteiger partial charge in [0, 0.05) is 11.0 Å². The number of hydrogen-bond donors (Lipinski definition) is 1. The van der Waals surface area contributed by atoms with E-state index in [0.29, 0.717) is 5.25 Å². The zero-order chi connectivity index (χ0) is 13.7. The molecule has 0 saturated carbocycles. The summed E-state index contributed by atoms with van der Waals surface area (Å²) in [5, 5.41) is 10.9. The van der Waals surface area contributed by atoms with E-state index < -0.39 is 6.10 Å². The normalized spacial score (nSPS) is 14.3. The van der Waals surface area contributed by atoms with Gasteiger partial charge in [-0.3, -0.25) is 0 Å². The first kappa shape index (κ1) is 15.4. The molecular weight excluding hydrogens is 244 g/mol. The molecule has 0 aliphatic carbocycles. The van der Waals surface area contributed by atoms with Gasteiger partial charge in [0.1, 0.15) is 5.75 Å². The summed E-state index contributed by atoms with van der Waals surface area (Å²) < 4.78 is 5.29. The van der Waals surface area contributed by atoms with E-state index in [0.717, 1.165) is 34.6 Å². The van der Waals surface area contributed by atoms with Gasteiger partial charge in [-0.1, -0.05) is 13.8 Å². The molecule has 1 aromatic rings. The van der Waals surface area contributed by atoms with Crippen LogP contribution in [0.4, 0.5) is 0 Å². The fourth-order valence-corrected chi connectivity index (χ4v) is 2.78. The van der Waals surface area contributed by atoms with Gasteiger partial charge in [-0.2, -0.15) is 11.8 Å². The number of aliphatic hydroxyl groups excluding tert-OH is 1. The summed E-state index contributed by atoms with van der Waals surface area (Å²) >= 11 is 1.82. The summed E-state index contributed by atoms with van der Waals surface area (Å²) in [6.07, 6.45) is 0.742. The van der Waals surface area contributed by atoms with Crippen molar-refractivity contribution in [2.24, 2.45) is 0 Å². The first-order valence-electron chi connectivity index (χ1n) is 6.44. The molecule has 1 rings (SSSR count). The minimum atomic E-state index is -0.395. The zero-order valence-electron chi connectivity index (χ0n) is 12.0. The third-order valence-electron chi connectivity index (χ3n) is 3.26. The van der Waals surface area contributed by atoms with E-state index in [1.54, 1.807) is 7.11 Å². The van der Waals surface area contributed by atoms with Gasteiger partial charge >= 0.3 is 0 Å². The van der Waals surface area contributed by atoms with Gasteiger partial charge in [0.25, 0.3) is 0 Å². The average molecular weight is 268 g/mol. The highest BCUT2D eigenvalue weighted by Crippen LogP contribution is 2.29. The first-order valence-corrected chi connectivity index (χ1v) is 7.49. The van der Waals surface area contributed by atoms with Crippen LogP contribution in [0.25, 0.3) is 0 Å². The lowest BCUT2D eigenvalue weighted by atomic mass is 10.0. The molecule has 2 nitrogen and oxygen atoms in total. The van der Waals surface area contributed by atoms with Crippen molar-refractivity contribution < 1.29 is 9.84 Å². The van der Waals surface area contributed by atoms with E-state index in [4.69, 9.17) is 4.74 Å². The maximum Gasteiger partial charge on any atom is 0.122 e. The maximum atomic E-state index is 10.3. The number of aryl methyl sites for hydroxylation is 2. The summed E-state index contributed by atoms with van der Waals surface area (Å²) in [4.78, 5) is 0. The Morgan fingerprint density at radius 3 is 2.50 bits per heavy atom. The Bertz CT molecular complexity index is 390. The van der Waals surface area contributed by atoms with Crippen molar-refractivity contribution in [2.45, 2.75) is 45.5 Å². The third-order valence-corrected chi connectivity index (χ3v) is 4.67. The largest absolute Gasteiger partial charge is 0.496 e. The van der Waals surface area contributed by atoms with E-state index >= 15 is 0 Å². The Morgan fingerprint density at radius 1 is 1.28 bits per heavy atom. The minimum absolute atomic E-state index is 0.395. The van der Waals surface area contributed by atoms with Crippen molar-refractivity contribution in [3.8, 4) is 5.75 Å². The van der Waals surface area contributed by atoms with Crippen LogP contribution in [0.2, 0.25) is 0 Å². The van der Waals surface area contributed by atoms with Crippen molar-refractivity contribution in [2.75, 3.05) is 12.9 Å². The Labute approximate surface area is 115 Å². The molecule has 2 unspecified atom stereocenters. The number of aliphatic hydroxyl groups is 1. The zero-order valence-corrected chi connectivity index (χ0v) is 12.8. The second-order valence-electron chi connectivity index (χ2n) is 4.75. The van der Waals surface area contributed by atoms with Gasteiger partial charge in [0.05, 0.1) is 13.2 Å². The van der Waals surface area contributed by atoms with Gasteiger partial charge < -0.3 is 9.84 Å². The SMILES string of the molecule is CCC(C)SCC(O)c1cc(C)c(OC)cc1C. The Kier molecular flexibility index (Phi) is 6.03. The summed E-state index contributed by atoms with van der Waals surface area (Å²) in [5.74, 6) is 1.64. The molecule has 0 heterocycles. The summed E-state index contributed by atoms with van der Waals surface area (Å²) in [6.45, 7) is 8.40. The third kappa shape index (κ3) is 3.92. The average Bonchev–Trinajstić information content (AvgIpc) is 2.37. The maximum absolute atomic E-state index is 10.3. The quantitative estimate of drug-likeness (QED) is 0.849. The predicted octanol–water partition coefficient (Wildman–Crippen LogP) is 3.88. The van der Waals surface area contributed by atoms with E-state index in [9.17, 15) is 5.11 Å². The van der Waals surface area contributed by atoms with Crippen molar-refractivity contribution in [3.05, 3.63) is 28.8 Å². The molecule has 18 heavy (non-hydrogen) atoms. The van der Waals surface area contributed by atoms with Crippen LogP contribution in [0.1, 0.15) is 43.1 Å². The lowest BCUT2D eigenvalue weighted by Gasteiger charge is -2.17. The van der Waals surface area contributed by atoms with Crippen LogP contribution in [0.5, 0.6) is 5.75 Å². The van der Waals surface area contributed by atoms with Crippen molar-refractivity contribution >= 4 is 11.8 Å². The van der Waals surface area contributed by atoms with Crippen molar-refractivity contribution in [1.82, 2.24) is 0 Å². The van der Waals surface area contributed by atoms with E-state index in [2.05, 4.69) is 13.8 Å². The number of rotatable bonds is 6. The highest BCUT2D eigenvalue weighted by atomic mass is 32.2. The van der Waals surface area contributed by atoms with Gasteiger partial charge in [0.15, 0.2) is 0 Å². The number of hydrogen-bond acceptors (Lipinski definition) is 3. The molecular formula is C15H24O2S. The van der Waals surface area contributed by atoms with Crippen LogP contribution in [0.15, 0.2) is 12.1 Å². The number of thioether (sulfide) groups is 1. The molecule has 1 aromatic carbocycles. The molecule has 0 spiro atoms. The fraction of sp³-hybridized carbons (Fsp3) is 0.600. The number of ether oxygens (including phenoxy) is 1. The molecule has 0 aromatic heterocycles. The first-order chi connectivity index (χ1) is 8.49. The van der Waals surface area contributed by atoms with E-state index in [1.807, 2.05) is 37.7 Å². The van der Waals surface area contributed by atoms with E-state index in [-0.39, 0.29) is 0 Å². The molecule has 1 N–H and O–H groups in total. The second-order valence-corrected chi connectivity index (χ2v) is 6.22. The number of methoxy groups -OCH3 is 1. The fourth-order valence-electron chi connectivity index (χ4n) is 1.85. The molecule has 3 heteroatoms. The molecule has 0 radical (unpaired) electrons. The van der Waals surface area contributed by atoms with Crippen LogP contribution in [0.3, 0.4) is 0 Å². The smallest absolute Gasteiger partial charge is 0.122 e. The van der Waals surface area contributed by atoms with Crippen LogP contribution in [0, 0.1) is 13.8 Å². The Hall–Kier alpha value is -0.670. The molecule has 2 atom stereocenters. The Balaban J connectivity index is 2.79. The standard InChI is InChI=1S/C15H24O2S/c1-6-12(4)18-9-14(16)13-7-11(3)15(17-5)8-10(13)2/h7-8,12,14,16H,6,9H2,1-5H3. The predicted molar refractivity (Wildman–Crippen MR) is 79.6 cm³/mol. The highest BCUT2D eigenvalue weighted by molar-refractivity contribution is 7.99. The van der Waals surface area contributed by atoms with Gasteiger partial charge in [-0.05, 0) is 49.1 Å². The molecule has 0 aliphatic heterocycles. The summed E-state index contributed by atoms with van der Waals surface area (Å²) in [6, 6.07) is 4.04. The van der Waals surface area contributed by atoms with Gasteiger partial charge in [-0.25, -0.2) is 0 Å². The molecule has 102 valence electrons. The monoisotopic (exact) mass is 268 g/mol. The van der Waals surface area contributed by atoms with Crippen LogP contribution < -0.4 is 4.74 Å². The van der Waals surface area contributed by atoms with Crippen LogP contribution in [-0.2, 0) is 0 Å². The summed E-state index contributed by atoms with van der Waals surface area (Å²) in [5.41, 5.74) is 3.18. The lowest BCUT2D eigenvalue weighted by molar-refractivity contribution is 0.203. The molecule has 0 bridgehead atoms. The summed E-state index contributed by atoms with van der Waals surface area (Å²) in [7, 11) is 1.68. The molecule has 0 saturated heterocycles. The van der Waals surface area contributed by atoms with Crippen molar-refractivity contribution in [1.29, 1.82) is 0 Å². The van der Waals surface area contributed by atoms with Crippen molar-refractivity contribution in [3.63, 3.8) is 0 Å². The Morgan fingerprint density at radius 2 is 1.94 bits per heavy atom. The van der Waals surface area contributed by atoms with Crippen LogP contribution >= 0.6 is 11.8 Å². The molecule has 0 amide bonds. The van der Waals surface area contributed by atoms with Gasteiger partial charge in [0.2, 0.25) is 0 Å². The van der Waals surface area contributed by atoms with E-state index in [1.165, 1.54) is 0 Å². The second kappa shape index (κ2) is 7.05. The topological polar surface area (TPSA) is 29.5 Å². The molecule has 0 fully saturated rings. The lowest BCUT2D eigenvalue weighted by Crippen LogP contribution is -2.07. The minimum Gasteiger partial charge on any atom is -0.496 e. The number of benzene rings is 1. The highest BCUT2D eigenvalue weighted by Gasteiger charge is 2.14. The van der Waals surface area contributed by atoms with Gasteiger partial charge in [-0.15, -0.1) is 0 Å². The van der Waals surface area contributed by atoms with Crippen LogP contribution in [-0.4, -0.2) is 23.2 Å². The molecule has 0 aliphatic rings.